The Hall–Kier alpha value is -3.34. The fraction of sp³-hybridized carbons (Fsp3) is 0.321. The van der Waals surface area contributed by atoms with E-state index in [2.05, 4.69) is 4.98 Å². The zero-order chi connectivity index (χ0) is 27.1. The normalized spacial score (nSPS) is 11.7. The first kappa shape index (κ1) is 27.7. The van der Waals surface area contributed by atoms with Crippen molar-refractivity contribution in [1.82, 2.24) is 14.3 Å². The number of carbonyl (C=O) groups excluding carboxylic acids is 1. The van der Waals surface area contributed by atoms with Gasteiger partial charge in [-0.1, -0.05) is 31.3 Å². The lowest BCUT2D eigenvalue weighted by Gasteiger charge is -2.22. The van der Waals surface area contributed by atoms with Crippen LogP contribution in [0.15, 0.2) is 71.8 Å². The van der Waals surface area contributed by atoms with Gasteiger partial charge in [-0.2, -0.15) is 4.31 Å². The Labute approximate surface area is 228 Å². The summed E-state index contributed by atoms with van der Waals surface area (Å²) in [7, 11) is -3.64. The molecule has 2 aromatic carbocycles. The molecule has 0 fully saturated rings. The highest BCUT2D eigenvalue weighted by molar-refractivity contribution is 7.89. The van der Waals surface area contributed by atoms with E-state index in [1.807, 2.05) is 57.2 Å². The van der Waals surface area contributed by atoms with E-state index in [9.17, 15) is 13.2 Å². The molecule has 0 bridgehead atoms. The van der Waals surface area contributed by atoms with Gasteiger partial charge in [0.05, 0.1) is 34.0 Å². The van der Waals surface area contributed by atoms with Crippen molar-refractivity contribution < 1.29 is 17.9 Å². The van der Waals surface area contributed by atoms with Crippen molar-refractivity contribution in [2.45, 2.75) is 45.1 Å². The molecule has 38 heavy (non-hydrogen) atoms. The number of benzene rings is 2. The van der Waals surface area contributed by atoms with Crippen LogP contribution < -0.4 is 9.64 Å². The number of anilines is 1. The summed E-state index contributed by atoms with van der Waals surface area (Å²) in [4.78, 5) is 24.6. The largest absolute Gasteiger partial charge is 0.494 e. The summed E-state index contributed by atoms with van der Waals surface area (Å²) in [6.45, 7) is 7.53. The monoisotopic (exact) mass is 552 g/mol. The molecule has 0 saturated heterocycles. The third-order valence-electron chi connectivity index (χ3n) is 5.87. The molecule has 0 aliphatic carbocycles. The van der Waals surface area contributed by atoms with Gasteiger partial charge in [0, 0.05) is 24.8 Å². The van der Waals surface area contributed by atoms with Crippen LogP contribution in [0.5, 0.6) is 5.75 Å². The predicted molar refractivity (Wildman–Crippen MR) is 151 cm³/mol. The Balaban J connectivity index is 1.67. The number of nitrogens with zero attached hydrogens (tertiary/aromatic N) is 4. The summed E-state index contributed by atoms with van der Waals surface area (Å²) in [6.07, 6.45) is 3.14. The van der Waals surface area contributed by atoms with E-state index < -0.39 is 10.0 Å². The highest BCUT2D eigenvalue weighted by Crippen LogP contribution is 2.33. The standard InChI is InChI=1S/C28H32N4O4S2/c1-4-17-31(18-5-2)38(34,35)24-13-10-21(11-14-24)27(33)32(20-22-9-7-8-16-29-22)28-30-25-15-12-23(36-6-3)19-26(25)37-28/h7-16,19H,4-6,17-18,20H2,1-3H3. The third-order valence-corrected chi connectivity index (χ3v) is 8.82. The number of hydrogen-bond acceptors (Lipinski definition) is 7. The molecule has 10 heteroatoms. The van der Waals surface area contributed by atoms with Crippen molar-refractivity contribution in [3.63, 3.8) is 0 Å². The van der Waals surface area contributed by atoms with Crippen molar-refractivity contribution in [3.8, 4) is 5.75 Å². The SMILES string of the molecule is CCCN(CCC)S(=O)(=O)c1ccc(C(=O)N(Cc2ccccn2)c2nc3ccc(OCC)cc3s2)cc1. The molecular formula is C28H32N4O4S2. The van der Waals surface area contributed by atoms with Crippen LogP contribution in [0.25, 0.3) is 10.2 Å². The molecule has 0 unspecified atom stereocenters. The van der Waals surface area contributed by atoms with Crippen LogP contribution in [0.2, 0.25) is 0 Å². The first-order valence-corrected chi connectivity index (χ1v) is 15.0. The lowest BCUT2D eigenvalue weighted by Crippen LogP contribution is -2.33. The van der Waals surface area contributed by atoms with Crippen LogP contribution in [0.3, 0.4) is 0 Å². The van der Waals surface area contributed by atoms with Crippen LogP contribution in [0.1, 0.15) is 49.7 Å². The maximum Gasteiger partial charge on any atom is 0.260 e. The summed E-state index contributed by atoms with van der Waals surface area (Å²) in [5.41, 5.74) is 1.84. The van der Waals surface area contributed by atoms with Crippen LogP contribution in [-0.4, -0.2) is 48.3 Å². The Kier molecular flexibility index (Phi) is 9.09. The van der Waals surface area contributed by atoms with Gasteiger partial charge in [-0.15, -0.1) is 0 Å². The van der Waals surface area contributed by atoms with E-state index in [0.717, 1.165) is 28.8 Å². The van der Waals surface area contributed by atoms with Gasteiger partial charge < -0.3 is 4.74 Å². The molecule has 8 nitrogen and oxygen atoms in total. The quantitative estimate of drug-likeness (QED) is 0.222. The van der Waals surface area contributed by atoms with Gasteiger partial charge in [0.25, 0.3) is 5.91 Å². The third kappa shape index (κ3) is 6.20. The highest BCUT2D eigenvalue weighted by atomic mass is 32.2. The Morgan fingerprint density at radius 3 is 2.34 bits per heavy atom. The minimum absolute atomic E-state index is 0.177. The number of fused-ring (bicyclic) bond motifs is 1. The first-order chi connectivity index (χ1) is 18.4. The van der Waals surface area contributed by atoms with E-state index in [-0.39, 0.29) is 17.3 Å². The zero-order valence-electron chi connectivity index (χ0n) is 21.8. The number of amides is 1. The molecule has 1 amide bonds. The van der Waals surface area contributed by atoms with Crippen LogP contribution in [-0.2, 0) is 16.6 Å². The summed E-state index contributed by atoms with van der Waals surface area (Å²) in [6, 6.07) is 17.3. The minimum atomic E-state index is -3.64. The average molecular weight is 553 g/mol. The molecule has 0 aliphatic heterocycles. The van der Waals surface area contributed by atoms with Crippen LogP contribution >= 0.6 is 11.3 Å². The number of thiazole rings is 1. The van der Waals surface area contributed by atoms with Gasteiger partial charge in [0.2, 0.25) is 10.0 Å². The minimum Gasteiger partial charge on any atom is -0.494 e. The van der Waals surface area contributed by atoms with E-state index in [1.54, 1.807) is 23.2 Å². The second-order valence-corrected chi connectivity index (χ2v) is 11.6. The van der Waals surface area contributed by atoms with Crippen molar-refractivity contribution in [3.05, 3.63) is 78.1 Å². The van der Waals surface area contributed by atoms with Crippen molar-refractivity contribution in [2.75, 3.05) is 24.6 Å². The van der Waals surface area contributed by atoms with Gasteiger partial charge >= 0.3 is 0 Å². The Bertz CT molecular complexity index is 1470. The van der Waals surface area contributed by atoms with Gasteiger partial charge in [-0.25, -0.2) is 13.4 Å². The molecule has 0 radical (unpaired) electrons. The molecule has 2 aromatic heterocycles. The Morgan fingerprint density at radius 1 is 0.974 bits per heavy atom. The predicted octanol–water partition coefficient (Wildman–Crippen LogP) is 5.75. The van der Waals surface area contributed by atoms with Crippen LogP contribution in [0, 0.1) is 0 Å². The molecule has 0 aliphatic rings. The summed E-state index contributed by atoms with van der Waals surface area (Å²) < 4.78 is 34.3. The highest BCUT2D eigenvalue weighted by Gasteiger charge is 2.26. The van der Waals surface area contributed by atoms with Crippen molar-refractivity contribution >= 4 is 42.6 Å². The maximum atomic E-state index is 13.8. The average Bonchev–Trinajstić information content (AvgIpc) is 3.35. The molecule has 200 valence electrons. The number of hydrogen-bond donors (Lipinski definition) is 0. The number of carbonyl (C=O) groups is 1. The van der Waals surface area contributed by atoms with Gasteiger partial charge in [-0.3, -0.25) is 14.7 Å². The first-order valence-electron chi connectivity index (χ1n) is 12.7. The van der Waals surface area contributed by atoms with E-state index in [4.69, 9.17) is 9.72 Å². The number of pyridine rings is 1. The lowest BCUT2D eigenvalue weighted by molar-refractivity contribution is 0.0984. The molecule has 0 N–H and O–H groups in total. The maximum absolute atomic E-state index is 13.8. The second-order valence-electron chi connectivity index (χ2n) is 8.70. The molecule has 0 saturated carbocycles. The molecule has 0 spiro atoms. The van der Waals surface area contributed by atoms with E-state index >= 15 is 0 Å². The number of sulfonamides is 1. The van der Waals surface area contributed by atoms with E-state index in [1.165, 1.54) is 27.8 Å². The molecule has 4 aromatic rings. The van der Waals surface area contributed by atoms with Gasteiger partial charge in [0.1, 0.15) is 5.75 Å². The molecule has 4 rings (SSSR count). The summed E-state index contributed by atoms with van der Waals surface area (Å²) >= 11 is 1.39. The number of rotatable bonds is 12. The zero-order valence-corrected chi connectivity index (χ0v) is 23.5. The Morgan fingerprint density at radius 2 is 1.71 bits per heavy atom. The molecule has 0 atom stereocenters. The summed E-state index contributed by atoms with van der Waals surface area (Å²) in [5.74, 6) is 0.456. The number of aromatic nitrogens is 2. The fourth-order valence-electron chi connectivity index (χ4n) is 4.07. The molecule has 2 heterocycles. The van der Waals surface area contributed by atoms with Gasteiger partial charge in [-0.05, 0) is 74.4 Å². The lowest BCUT2D eigenvalue weighted by atomic mass is 10.2. The number of ether oxygens (including phenoxy) is 1. The fourth-order valence-corrected chi connectivity index (χ4v) is 6.69. The van der Waals surface area contributed by atoms with Crippen LogP contribution in [0.4, 0.5) is 5.13 Å². The van der Waals surface area contributed by atoms with Gasteiger partial charge in [0.15, 0.2) is 5.13 Å². The second kappa shape index (κ2) is 12.5. The molecular weight excluding hydrogens is 520 g/mol. The topological polar surface area (TPSA) is 92.7 Å². The smallest absolute Gasteiger partial charge is 0.260 e. The van der Waals surface area contributed by atoms with Crippen molar-refractivity contribution in [2.24, 2.45) is 0 Å². The van der Waals surface area contributed by atoms with E-state index in [0.29, 0.717) is 36.1 Å². The summed E-state index contributed by atoms with van der Waals surface area (Å²) in [5, 5.41) is 0.526. The van der Waals surface area contributed by atoms with Crippen molar-refractivity contribution in [1.29, 1.82) is 0 Å².